The van der Waals surface area contributed by atoms with Crippen LogP contribution in [0.3, 0.4) is 0 Å². The number of hydrogen-bond donors (Lipinski definition) is 1. The Morgan fingerprint density at radius 3 is 2.55 bits per heavy atom. The highest BCUT2D eigenvalue weighted by atomic mass is 16.2. The molecule has 2 rings (SSSR count). The molecule has 1 atom stereocenters. The summed E-state index contributed by atoms with van der Waals surface area (Å²) in [4.78, 5) is 26.1. The highest BCUT2D eigenvalue weighted by Gasteiger charge is 2.46. The Balaban J connectivity index is 2.37. The van der Waals surface area contributed by atoms with Gasteiger partial charge in [0.15, 0.2) is 0 Å². The number of nitrogens with zero attached hydrogens (tertiary/aromatic N) is 1. The van der Waals surface area contributed by atoms with Gasteiger partial charge in [-0.25, -0.2) is 0 Å². The molecule has 1 aromatic carbocycles. The smallest absolute Gasteiger partial charge is 0.237 e. The Bertz CT molecular complexity index is 535. The minimum Gasteiger partial charge on any atom is -0.405 e. The third-order valence-corrected chi connectivity index (χ3v) is 3.76. The van der Waals surface area contributed by atoms with E-state index >= 15 is 0 Å². The molecular formula is C16H20N2O2. The summed E-state index contributed by atoms with van der Waals surface area (Å²) in [7, 11) is 0. The molecule has 1 saturated heterocycles. The Labute approximate surface area is 119 Å². The van der Waals surface area contributed by atoms with E-state index < -0.39 is 0 Å². The molecule has 0 bridgehead atoms. The zero-order valence-corrected chi connectivity index (χ0v) is 11.9. The number of nitrogens with two attached hydrogens (primary N) is 1. The first-order chi connectivity index (χ1) is 9.47. The van der Waals surface area contributed by atoms with Crippen molar-refractivity contribution in [3.05, 3.63) is 48.2 Å². The van der Waals surface area contributed by atoms with Crippen molar-refractivity contribution in [2.45, 2.75) is 26.2 Å². The van der Waals surface area contributed by atoms with E-state index in [4.69, 9.17) is 5.73 Å². The number of likely N-dealkylation sites (tertiary alicyclic amines) is 1. The molecule has 1 aliphatic rings. The maximum atomic E-state index is 12.7. The van der Waals surface area contributed by atoms with Crippen LogP contribution in [-0.4, -0.2) is 23.3 Å². The van der Waals surface area contributed by atoms with E-state index in [1.165, 1.54) is 11.1 Å². The van der Waals surface area contributed by atoms with Gasteiger partial charge in [-0.15, -0.1) is 0 Å². The predicted octanol–water partition coefficient (Wildman–Crippen LogP) is 2.03. The molecule has 0 radical (unpaired) electrons. The van der Waals surface area contributed by atoms with Crippen molar-refractivity contribution in [1.82, 2.24) is 4.90 Å². The Hall–Kier alpha value is -2.10. The molecule has 106 valence electrons. The van der Waals surface area contributed by atoms with Crippen LogP contribution in [0.2, 0.25) is 0 Å². The fraction of sp³-hybridized carbons (Fsp3) is 0.375. The van der Waals surface area contributed by atoms with Crippen LogP contribution in [0.25, 0.3) is 0 Å². The fourth-order valence-corrected chi connectivity index (χ4v) is 2.80. The second-order valence-corrected chi connectivity index (χ2v) is 5.78. The molecule has 1 fully saturated rings. The summed E-state index contributed by atoms with van der Waals surface area (Å²) in [5.74, 6) is -0.576. The average molecular weight is 272 g/mol. The molecule has 4 nitrogen and oxygen atoms in total. The lowest BCUT2D eigenvalue weighted by Gasteiger charge is -2.41. The van der Waals surface area contributed by atoms with E-state index in [1.807, 2.05) is 44.2 Å². The van der Waals surface area contributed by atoms with Crippen molar-refractivity contribution in [2.24, 2.45) is 11.1 Å². The summed E-state index contributed by atoms with van der Waals surface area (Å²) in [6.07, 6.45) is 3.34. The van der Waals surface area contributed by atoms with Crippen molar-refractivity contribution in [2.75, 3.05) is 6.54 Å². The van der Waals surface area contributed by atoms with Crippen LogP contribution in [0.4, 0.5) is 0 Å². The summed E-state index contributed by atoms with van der Waals surface area (Å²) in [5.41, 5.74) is 5.88. The maximum absolute atomic E-state index is 12.7. The van der Waals surface area contributed by atoms with E-state index in [0.717, 1.165) is 5.56 Å². The number of amides is 2. The highest BCUT2D eigenvalue weighted by molar-refractivity contribution is 6.02. The van der Waals surface area contributed by atoms with Gasteiger partial charge in [-0.1, -0.05) is 44.2 Å². The lowest BCUT2D eigenvalue weighted by atomic mass is 9.69. The van der Waals surface area contributed by atoms with Crippen molar-refractivity contribution in [3.63, 3.8) is 0 Å². The van der Waals surface area contributed by atoms with Crippen LogP contribution in [0, 0.1) is 5.41 Å². The number of imide groups is 1. The SMILES string of the molecule is CC1(C)CC(=O)N(CC=CN)C(=O)C1c1ccccc1. The minimum absolute atomic E-state index is 0.134. The Morgan fingerprint density at radius 1 is 1.30 bits per heavy atom. The highest BCUT2D eigenvalue weighted by Crippen LogP contribution is 2.43. The summed E-state index contributed by atoms with van der Waals surface area (Å²) in [5, 5.41) is 0. The molecule has 0 aromatic heterocycles. The van der Waals surface area contributed by atoms with Gasteiger partial charge in [0.1, 0.15) is 0 Å². The topological polar surface area (TPSA) is 63.4 Å². The first kappa shape index (κ1) is 14.3. The molecule has 1 aromatic rings. The van der Waals surface area contributed by atoms with Crippen LogP contribution in [0.5, 0.6) is 0 Å². The molecule has 0 aliphatic carbocycles. The minimum atomic E-state index is -0.377. The van der Waals surface area contributed by atoms with Crippen molar-refractivity contribution in [3.8, 4) is 0 Å². The summed E-state index contributed by atoms with van der Waals surface area (Å²) >= 11 is 0. The molecule has 1 unspecified atom stereocenters. The summed E-state index contributed by atoms with van der Waals surface area (Å²) in [6, 6.07) is 9.64. The van der Waals surface area contributed by atoms with Crippen LogP contribution in [0.1, 0.15) is 31.7 Å². The fourth-order valence-electron chi connectivity index (χ4n) is 2.80. The second kappa shape index (κ2) is 5.49. The van der Waals surface area contributed by atoms with E-state index in [0.29, 0.717) is 6.42 Å². The van der Waals surface area contributed by atoms with E-state index in [1.54, 1.807) is 6.08 Å². The van der Waals surface area contributed by atoms with Gasteiger partial charge in [0.2, 0.25) is 11.8 Å². The Kier molecular flexibility index (Phi) is 3.93. The largest absolute Gasteiger partial charge is 0.405 e. The maximum Gasteiger partial charge on any atom is 0.237 e. The zero-order chi connectivity index (χ0) is 14.8. The number of rotatable bonds is 3. The van der Waals surface area contributed by atoms with E-state index in [-0.39, 0.29) is 29.7 Å². The number of piperidine rings is 1. The average Bonchev–Trinajstić information content (AvgIpc) is 2.38. The lowest BCUT2D eigenvalue weighted by molar-refractivity contribution is -0.153. The van der Waals surface area contributed by atoms with Crippen molar-refractivity contribution >= 4 is 11.8 Å². The van der Waals surface area contributed by atoms with Gasteiger partial charge in [0.05, 0.1) is 5.92 Å². The number of carbonyl (C=O) groups excluding carboxylic acids is 2. The predicted molar refractivity (Wildman–Crippen MR) is 77.6 cm³/mol. The molecule has 4 heteroatoms. The van der Waals surface area contributed by atoms with Crippen LogP contribution in [-0.2, 0) is 9.59 Å². The first-order valence-corrected chi connectivity index (χ1v) is 6.73. The third kappa shape index (κ3) is 2.59. The van der Waals surface area contributed by atoms with Gasteiger partial charge in [-0.05, 0) is 23.3 Å². The second-order valence-electron chi connectivity index (χ2n) is 5.78. The Morgan fingerprint density at radius 2 is 1.95 bits per heavy atom. The van der Waals surface area contributed by atoms with Gasteiger partial charge in [0.25, 0.3) is 0 Å². The van der Waals surface area contributed by atoms with Crippen LogP contribution in [0.15, 0.2) is 42.6 Å². The molecule has 0 saturated carbocycles. The van der Waals surface area contributed by atoms with Gasteiger partial charge in [-0.2, -0.15) is 0 Å². The van der Waals surface area contributed by atoms with E-state index in [2.05, 4.69) is 0 Å². The van der Waals surface area contributed by atoms with Gasteiger partial charge in [0, 0.05) is 13.0 Å². The van der Waals surface area contributed by atoms with Crippen molar-refractivity contribution < 1.29 is 9.59 Å². The third-order valence-electron chi connectivity index (χ3n) is 3.76. The quantitative estimate of drug-likeness (QED) is 0.856. The number of carbonyl (C=O) groups is 2. The summed E-state index contributed by atoms with van der Waals surface area (Å²) < 4.78 is 0. The monoisotopic (exact) mass is 272 g/mol. The molecular weight excluding hydrogens is 252 g/mol. The zero-order valence-electron chi connectivity index (χ0n) is 11.9. The molecule has 20 heavy (non-hydrogen) atoms. The molecule has 1 heterocycles. The van der Waals surface area contributed by atoms with Gasteiger partial charge < -0.3 is 5.73 Å². The van der Waals surface area contributed by atoms with Crippen LogP contribution < -0.4 is 5.73 Å². The molecule has 2 amide bonds. The number of hydrogen-bond acceptors (Lipinski definition) is 3. The van der Waals surface area contributed by atoms with Crippen molar-refractivity contribution in [1.29, 1.82) is 0 Å². The van der Waals surface area contributed by atoms with Gasteiger partial charge >= 0.3 is 0 Å². The van der Waals surface area contributed by atoms with Crippen LogP contribution >= 0.6 is 0 Å². The molecule has 0 spiro atoms. The normalized spacial score (nSPS) is 22.5. The number of benzene rings is 1. The lowest BCUT2D eigenvalue weighted by Crippen LogP contribution is -2.51. The van der Waals surface area contributed by atoms with E-state index in [9.17, 15) is 9.59 Å². The summed E-state index contributed by atoms with van der Waals surface area (Å²) in [6.45, 7) is 4.18. The standard InChI is InChI=1S/C16H20N2O2/c1-16(2)11-13(19)18(10-6-9-17)15(20)14(16)12-7-4-3-5-8-12/h3-9,14H,10-11,17H2,1-2H3. The molecule has 2 N–H and O–H groups in total. The van der Waals surface area contributed by atoms with Gasteiger partial charge in [-0.3, -0.25) is 14.5 Å². The molecule has 1 aliphatic heterocycles. The first-order valence-electron chi connectivity index (χ1n) is 6.73.